The van der Waals surface area contributed by atoms with Gasteiger partial charge in [0, 0.05) is 26.1 Å². The standard InChI is InChI=1S/C21H30FN3O3/c22-17-7-1-2-9-19(17)28-13-5-10-20(26)25-12-4-6-16(15-25)14-24-21(27)18-8-3-11-23-18/h1-2,7,9,16,18,23H,3-6,8,10-15H2,(H,24,27). The van der Waals surface area contributed by atoms with E-state index >= 15 is 0 Å². The van der Waals surface area contributed by atoms with Crippen LogP contribution >= 0.6 is 0 Å². The molecule has 2 aliphatic heterocycles. The van der Waals surface area contributed by atoms with Gasteiger partial charge in [-0.05, 0) is 56.7 Å². The molecule has 7 heteroatoms. The second kappa shape index (κ2) is 10.4. The van der Waals surface area contributed by atoms with Crippen LogP contribution in [-0.2, 0) is 9.59 Å². The number of carbonyl (C=O) groups is 2. The van der Waals surface area contributed by atoms with Crippen molar-refractivity contribution in [2.24, 2.45) is 5.92 Å². The van der Waals surface area contributed by atoms with Crippen molar-refractivity contribution < 1.29 is 18.7 Å². The highest BCUT2D eigenvalue weighted by atomic mass is 19.1. The molecule has 2 N–H and O–H groups in total. The Bertz CT molecular complexity index is 664. The van der Waals surface area contributed by atoms with Gasteiger partial charge < -0.3 is 20.3 Å². The topological polar surface area (TPSA) is 70.7 Å². The van der Waals surface area contributed by atoms with E-state index in [4.69, 9.17) is 4.74 Å². The third-order valence-corrected chi connectivity index (χ3v) is 5.44. The second-order valence-electron chi connectivity index (χ2n) is 7.62. The summed E-state index contributed by atoms with van der Waals surface area (Å²) >= 11 is 0. The molecule has 28 heavy (non-hydrogen) atoms. The maximum absolute atomic E-state index is 13.5. The Morgan fingerprint density at radius 3 is 2.89 bits per heavy atom. The maximum Gasteiger partial charge on any atom is 0.237 e. The van der Waals surface area contributed by atoms with Gasteiger partial charge in [-0.25, -0.2) is 4.39 Å². The largest absolute Gasteiger partial charge is 0.491 e. The molecule has 2 heterocycles. The summed E-state index contributed by atoms with van der Waals surface area (Å²) in [5.74, 6) is 0.317. The van der Waals surface area contributed by atoms with Gasteiger partial charge in [-0.15, -0.1) is 0 Å². The van der Waals surface area contributed by atoms with E-state index in [1.807, 2.05) is 4.90 Å². The van der Waals surface area contributed by atoms with Gasteiger partial charge in [-0.2, -0.15) is 0 Å². The number of hydrogen-bond acceptors (Lipinski definition) is 4. The summed E-state index contributed by atoms with van der Waals surface area (Å²) in [6.45, 7) is 3.29. The van der Waals surface area contributed by atoms with Crippen molar-refractivity contribution in [2.45, 2.75) is 44.6 Å². The van der Waals surface area contributed by atoms with Crippen LogP contribution in [0.3, 0.4) is 0 Å². The first-order valence-electron chi connectivity index (χ1n) is 10.3. The van der Waals surface area contributed by atoms with E-state index in [0.717, 1.165) is 38.8 Å². The molecule has 0 aromatic heterocycles. The third-order valence-electron chi connectivity index (χ3n) is 5.44. The second-order valence-corrected chi connectivity index (χ2v) is 7.62. The minimum atomic E-state index is -0.387. The lowest BCUT2D eigenvalue weighted by Crippen LogP contribution is -2.46. The summed E-state index contributed by atoms with van der Waals surface area (Å²) in [5, 5.41) is 6.24. The van der Waals surface area contributed by atoms with Crippen molar-refractivity contribution in [3.8, 4) is 5.75 Å². The summed E-state index contributed by atoms with van der Waals surface area (Å²) in [6, 6.07) is 6.22. The fourth-order valence-corrected chi connectivity index (χ4v) is 3.86. The number of para-hydroxylation sites is 1. The van der Waals surface area contributed by atoms with E-state index in [1.54, 1.807) is 18.2 Å². The lowest BCUT2D eigenvalue weighted by atomic mass is 9.97. The highest BCUT2D eigenvalue weighted by Gasteiger charge is 2.26. The number of rotatable bonds is 8. The van der Waals surface area contributed by atoms with Crippen molar-refractivity contribution in [1.82, 2.24) is 15.5 Å². The SMILES string of the molecule is O=C(NCC1CCCN(C(=O)CCCOc2ccccc2F)C1)C1CCCN1. The first-order valence-corrected chi connectivity index (χ1v) is 10.3. The highest BCUT2D eigenvalue weighted by Crippen LogP contribution is 2.18. The van der Waals surface area contributed by atoms with Gasteiger partial charge in [-0.3, -0.25) is 9.59 Å². The van der Waals surface area contributed by atoms with E-state index in [2.05, 4.69) is 10.6 Å². The molecule has 2 atom stereocenters. The first-order chi connectivity index (χ1) is 13.6. The number of nitrogens with one attached hydrogen (secondary N) is 2. The monoisotopic (exact) mass is 391 g/mol. The predicted octanol–water partition coefficient (Wildman–Crippen LogP) is 2.09. The number of carbonyl (C=O) groups excluding carboxylic acids is 2. The van der Waals surface area contributed by atoms with E-state index in [1.165, 1.54) is 6.07 Å². The molecule has 154 valence electrons. The van der Waals surface area contributed by atoms with Crippen LogP contribution < -0.4 is 15.4 Å². The van der Waals surface area contributed by atoms with Crippen molar-refractivity contribution in [3.63, 3.8) is 0 Å². The molecule has 1 aromatic rings. The van der Waals surface area contributed by atoms with Crippen LogP contribution in [-0.4, -0.2) is 55.5 Å². The summed E-state index contributed by atoms with van der Waals surface area (Å²) in [5.41, 5.74) is 0. The molecule has 2 unspecified atom stereocenters. The molecule has 2 aliphatic rings. The summed E-state index contributed by atoms with van der Waals surface area (Å²) in [4.78, 5) is 26.5. The Hall–Kier alpha value is -2.15. The molecular formula is C21H30FN3O3. The number of hydrogen-bond donors (Lipinski definition) is 2. The highest BCUT2D eigenvalue weighted by molar-refractivity contribution is 5.82. The molecule has 2 amide bonds. The predicted molar refractivity (Wildman–Crippen MR) is 104 cm³/mol. The number of nitrogens with zero attached hydrogens (tertiary/aromatic N) is 1. The molecule has 0 aliphatic carbocycles. The van der Waals surface area contributed by atoms with Gasteiger partial charge in [0.15, 0.2) is 11.6 Å². The average molecular weight is 391 g/mol. The van der Waals surface area contributed by atoms with Gasteiger partial charge in [0.1, 0.15) is 0 Å². The van der Waals surface area contributed by atoms with Crippen molar-refractivity contribution in [3.05, 3.63) is 30.1 Å². The van der Waals surface area contributed by atoms with Crippen molar-refractivity contribution >= 4 is 11.8 Å². The maximum atomic E-state index is 13.5. The first kappa shape index (κ1) is 20.6. The van der Waals surface area contributed by atoms with Crippen LogP contribution in [0.1, 0.15) is 38.5 Å². The lowest BCUT2D eigenvalue weighted by Gasteiger charge is -2.33. The average Bonchev–Trinajstić information content (AvgIpc) is 3.26. The van der Waals surface area contributed by atoms with Crippen molar-refractivity contribution in [2.75, 3.05) is 32.8 Å². The molecule has 0 radical (unpaired) electrons. The van der Waals surface area contributed by atoms with E-state index < -0.39 is 0 Å². The summed E-state index contributed by atoms with van der Waals surface area (Å²) in [6.07, 6.45) is 4.87. The van der Waals surface area contributed by atoms with Crippen LogP contribution in [0.4, 0.5) is 4.39 Å². The Labute approximate surface area is 165 Å². The lowest BCUT2D eigenvalue weighted by molar-refractivity contribution is -0.133. The van der Waals surface area contributed by atoms with Gasteiger partial charge in [0.2, 0.25) is 11.8 Å². The normalized spacial score (nSPS) is 22.1. The molecule has 3 rings (SSSR count). The van der Waals surface area contributed by atoms with Crippen LogP contribution in [0.5, 0.6) is 5.75 Å². The fraction of sp³-hybridized carbons (Fsp3) is 0.619. The van der Waals surface area contributed by atoms with Crippen LogP contribution in [0.25, 0.3) is 0 Å². The quantitative estimate of drug-likeness (QED) is 0.666. The zero-order chi connectivity index (χ0) is 19.8. The van der Waals surface area contributed by atoms with E-state index in [-0.39, 0.29) is 29.4 Å². The molecule has 2 fully saturated rings. The van der Waals surface area contributed by atoms with Gasteiger partial charge in [-0.1, -0.05) is 12.1 Å². The molecular weight excluding hydrogens is 361 g/mol. The molecule has 0 bridgehead atoms. The van der Waals surface area contributed by atoms with Crippen LogP contribution in [0.2, 0.25) is 0 Å². The number of halogens is 1. The van der Waals surface area contributed by atoms with Gasteiger partial charge >= 0.3 is 0 Å². The number of piperidine rings is 1. The Kier molecular flexibility index (Phi) is 7.65. The minimum absolute atomic E-state index is 0.0595. The minimum Gasteiger partial charge on any atom is -0.491 e. The van der Waals surface area contributed by atoms with Gasteiger partial charge in [0.25, 0.3) is 0 Å². The fourth-order valence-electron chi connectivity index (χ4n) is 3.86. The number of amides is 2. The third kappa shape index (κ3) is 5.92. The van der Waals surface area contributed by atoms with Crippen LogP contribution in [0.15, 0.2) is 24.3 Å². The zero-order valence-corrected chi connectivity index (χ0v) is 16.3. The molecule has 1 aromatic carbocycles. The molecule has 6 nitrogen and oxygen atoms in total. The number of ether oxygens (including phenoxy) is 1. The number of likely N-dealkylation sites (tertiary alicyclic amines) is 1. The molecule has 0 spiro atoms. The Morgan fingerprint density at radius 1 is 1.25 bits per heavy atom. The van der Waals surface area contributed by atoms with E-state index in [9.17, 15) is 14.0 Å². The summed E-state index contributed by atoms with van der Waals surface area (Å²) in [7, 11) is 0. The zero-order valence-electron chi connectivity index (χ0n) is 16.3. The Balaban J connectivity index is 1.34. The van der Waals surface area contributed by atoms with Gasteiger partial charge in [0.05, 0.1) is 12.6 Å². The number of benzene rings is 1. The van der Waals surface area contributed by atoms with Crippen molar-refractivity contribution in [1.29, 1.82) is 0 Å². The Morgan fingerprint density at radius 2 is 2.11 bits per heavy atom. The smallest absolute Gasteiger partial charge is 0.237 e. The van der Waals surface area contributed by atoms with Crippen LogP contribution in [0, 0.1) is 11.7 Å². The molecule has 0 saturated carbocycles. The van der Waals surface area contributed by atoms with E-state index in [0.29, 0.717) is 38.5 Å². The molecule has 2 saturated heterocycles. The summed E-state index contributed by atoms with van der Waals surface area (Å²) < 4.78 is 18.9.